The molecule has 7 nitrogen and oxygen atoms in total. The van der Waals surface area contributed by atoms with Gasteiger partial charge < -0.3 is 9.73 Å². The molecule has 0 spiro atoms. The minimum atomic E-state index is -0.735. The van der Waals surface area contributed by atoms with Gasteiger partial charge in [-0.1, -0.05) is 55.3 Å². The van der Waals surface area contributed by atoms with Gasteiger partial charge in [-0.2, -0.15) is 0 Å². The Labute approximate surface area is 171 Å². The number of carbonyl (C=O) groups excluding carboxylic acids is 2. The first-order valence-corrected chi connectivity index (χ1v) is 9.92. The van der Waals surface area contributed by atoms with Crippen LogP contribution in [-0.4, -0.2) is 28.1 Å². The molecule has 3 aromatic rings. The van der Waals surface area contributed by atoms with E-state index in [-0.39, 0.29) is 17.6 Å². The molecule has 3 rings (SSSR count). The van der Waals surface area contributed by atoms with Crippen molar-refractivity contribution in [3.8, 4) is 10.6 Å². The zero-order chi connectivity index (χ0) is 20.1. The maximum absolute atomic E-state index is 12.8. The molecule has 2 N–H and O–H groups in total. The van der Waals surface area contributed by atoms with E-state index in [0.29, 0.717) is 21.6 Å². The average Bonchev–Trinajstić information content (AvgIpc) is 3.37. The molecule has 9 heteroatoms. The van der Waals surface area contributed by atoms with Crippen LogP contribution in [0.4, 0.5) is 5.13 Å². The molecule has 0 unspecified atom stereocenters. The number of furan rings is 1. The van der Waals surface area contributed by atoms with Gasteiger partial charge in [0.05, 0.1) is 6.26 Å². The van der Waals surface area contributed by atoms with Crippen LogP contribution in [0.3, 0.4) is 0 Å². The van der Waals surface area contributed by atoms with Gasteiger partial charge in [0.1, 0.15) is 11.0 Å². The highest BCUT2D eigenvalue weighted by molar-refractivity contribution is 7.18. The number of aromatic nitrogens is 2. The minimum Gasteiger partial charge on any atom is -0.459 e. The molecule has 0 radical (unpaired) electrons. The molecule has 146 valence electrons. The molecule has 2 amide bonds. The van der Waals surface area contributed by atoms with Crippen molar-refractivity contribution < 1.29 is 14.0 Å². The summed E-state index contributed by atoms with van der Waals surface area (Å²) in [5.74, 6) is -0.732. The van der Waals surface area contributed by atoms with E-state index in [9.17, 15) is 9.59 Å². The lowest BCUT2D eigenvalue weighted by atomic mass is 9.98. The first-order valence-electron chi connectivity index (χ1n) is 8.72. The van der Waals surface area contributed by atoms with E-state index in [1.165, 1.54) is 17.6 Å². The number of nitrogens with one attached hydrogen (secondary N) is 2. The second kappa shape index (κ2) is 8.99. The van der Waals surface area contributed by atoms with E-state index in [0.717, 1.165) is 5.56 Å². The summed E-state index contributed by atoms with van der Waals surface area (Å²) in [5, 5.41) is 15.2. The molecule has 0 fully saturated rings. The van der Waals surface area contributed by atoms with Crippen LogP contribution in [0.1, 0.15) is 30.8 Å². The first-order chi connectivity index (χ1) is 13.5. The summed E-state index contributed by atoms with van der Waals surface area (Å²) in [7, 11) is 0. The number of hydrogen-bond donors (Lipinski definition) is 2. The van der Waals surface area contributed by atoms with Crippen molar-refractivity contribution in [2.24, 2.45) is 5.92 Å². The maximum atomic E-state index is 12.8. The quantitative estimate of drug-likeness (QED) is 0.598. The van der Waals surface area contributed by atoms with Gasteiger partial charge in [-0.15, -0.1) is 10.2 Å². The molecule has 0 aliphatic rings. The van der Waals surface area contributed by atoms with E-state index in [1.54, 1.807) is 24.3 Å². The van der Waals surface area contributed by atoms with E-state index in [2.05, 4.69) is 20.8 Å². The Balaban J connectivity index is 1.72. The largest absolute Gasteiger partial charge is 0.459 e. The summed E-state index contributed by atoms with van der Waals surface area (Å²) in [6.45, 7) is 3.84. The number of nitrogens with zero attached hydrogens (tertiary/aromatic N) is 2. The Morgan fingerprint density at radius 2 is 2.07 bits per heavy atom. The van der Waals surface area contributed by atoms with Crippen LogP contribution in [0.15, 0.2) is 47.1 Å². The Morgan fingerprint density at radius 3 is 2.75 bits per heavy atom. The minimum absolute atomic E-state index is 0.0840. The normalized spacial score (nSPS) is 13.0. The Morgan fingerprint density at radius 1 is 1.25 bits per heavy atom. The SMILES string of the molecule is CC[C@H](C)[C@H](NC(=O)c1ccco1)C(=O)Nc1nnc(-c2cccc(Cl)c2)s1. The molecule has 0 aliphatic heterocycles. The number of amides is 2. The van der Waals surface area contributed by atoms with Crippen molar-refractivity contribution in [1.82, 2.24) is 15.5 Å². The van der Waals surface area contributed by atoms with Gasteiger partial charge in [0.25, 0.3) is 5.91 Å². The van der Waals surface area contributed by atoms with Gasteiger partial charge in [-0.25, -0.2) is 0 Å². The van der Waals surface area contributed by atoms with Crippen LogP contribution in [0.25, 0.3) is 10.6 Å². The van der Waals surface area contributed by atoms with Crippen LogP contribution in [0.5, 0.6) is 0 Å². The monoisotopic (exact) mass is 418 g/mol. The highest BCUT2D eigenvalue weighted by Crippen LogP contribution is 2.28. The number of rotatable bonds is 7. The fraction of sp³-hybridized carbons (Fsp3) is 0.263. The van der Waals surface area contributed by atoms with Crippen molar-refractivity contribution in [3.63, 3.8) is 0 Å². The zero-order valence-electron chi connectivity index (χ0n) is 15.3. The molecule has 2 heterocycles. The third-order valence-corrected chi connectivity index (χ3v) is 5.38. The molecule has 28 heavy (non-hydrogen) atoms. The van der Waals surface area contributed by atoms with Crippen LogP contribution in [-0.2, 0) is 4.79 Å². The zero-order valence-corrected chi connectivity index (χ0v) is 16.9. The van der Waals surface area contributed by atoms with E-state index >= 15 is 0 Å². The van der Waals surface area contributed by atoms with Gasteiger partial charge in [0.2, 0.25) is 11.0 Å². The summed E-state index contributed by atoms with van der Waals surface area (Å²) in [6.07, 6.45) is 2.12. The Bertz CT molecular complexity index is 958. The van der Waals surface area contributed by atoms with E-state index < -0.39 is 11.9 Å². The molecule has 0 saturated heterocycles. The molecular weight excluding hydrogens is 400 g/mol. The fourth-order valence-corrected chi connectivity index (χ4v) is 3.45. The summed E-state index contributed by atoms with van der Waals surface area (Å²) >= 11 is 7.24. The topological polar surface area (TPSA) is 97.1 Å². The predicted octanol–water partition coefficient (Wildman–Crippen LogP) is 4.23. The molecule has 0 saturated carbocycles. The predicted molar refractivity (Wildman–Crippen MR) is 108 cm³/mol. The molecule has 2 atom stereocenters. The first kappa shape index (κ1) is 20.0. The Hall–Kier alpha value is -2.71. The molecule has 1 aromatic carbocycles. The van der Waals surface area contributed by atoms with Gasteiger partial charge in [0, 0.05) is 10.6 Å². The number of hydrogen-bond acceptors (Lipinski definition) is 6. The van der Waals surface area contributed by atoms with Gasteiger partial charge >= 0.3 is 0 Å². The highest BCUT2D eigenvalue weighted by Gasteiger charge is 2.28. The lowest BCUT2D eigenvalue weighted by molar-refractivity contribution is -0.119. The molecule has 0 aliphatic carbocycles. The highest BCUT2D eigenvalue weighted by atomic mass is 35.5. The van der Waals surface area contributed by atoms with Crippen LogP contribution in [0, 0.1) is 5.92 Å². The summed E-state index contributed by atoms with van der Waals surface area (Å²) in [5.41, 5.74) is 0.815. The van der Waals surface area contributed by atoms with Gasteiger partial charge in [-0.05, 0) is 30.2 Å². The standard InChI is InChI=1S/C19H19ClN4O3S/c1-3-11(2)15(21-16(25)14-8-5-9-27-14)17(26)22-19-24-23-18(28-19)12-6-4-7-13(20)10-12/h4-11,15H,3H2,1-2H3,(H,21,25)(H,22,24,26)/t11-,15-/m0/s1. The molecule has 2 aromatic heterocycles. The van der Waals surface area contributed by atoms with Crippen LogP contribution < -0.4 is 10.6 Å². The summed E-state index contributed by atoms with van der Waals surface area (Å²) in [6, 6.07) is 9.66. The van der Waals surface area contributed by atoms with Crippen LogP contribution in [0.2, 0.25) is 5.02 Å². The van der Waals surface area contributed by atoms with Crippen molar-refractivity contribution in [3.05, 3.63) is 53.4 Å². The molecule has 0 bridgehead atoms. The third kappa shape index (κ3) is 4.76. The number of anilines is 1. The third-order valence-electron chi connectivity index (χ3n) is 4.25. The Kier molecular flexibility index (Phi) is 6.43. The smallest absolute Gasteiger partial charge is 0.287 e. The number of carbonyl (C=O) groups is 2. The number of benzene rings is 1. The summed E-state index contributed by atoms with van der Waals surface area (Å²) < 4.78 is 5.09. The lowest BCUT2D eigenvalue weighted by Gasteiger charge is -2.22. The second-order valence-corrected chi connectivity index (χ2v) is 7.64. The summed E-state index contributed by atoms with van der Waals surface area (Å²) in [4.78, 5) is 25.1. The van der Waals surface area contributed by atoms with E-state index in [1.807, 2.05) is 26.0 Å². The molecular formula is C19H19ClN4O3S. The van der Waals surface area contributed by atoms with Gasteiger partial charge in [0.15, 0.2) is 5.76 Å². The van der Waals surface area contributed by atoms with E-state index in [4.69, 9.17) is 16.0 Å². The fourth-order valence-electron chi connectivity index (χ4n) is 2.52. The van der Waals surface area contributed by atoms with Crippen molar-refractivity contribution >= 4 is 39.9 Å². The number of halogens is 1. The van der Waals surface area contributed by atoms with Crippen molar-refractivity contribution in [1.29, 1.82) is 0 Å². The average molecular weight is 419 g/mol. The van der Waals surface area contributed by atoms with Crippen molar-refractivity contribution in [2.45, 2.75) is 26.3 Å². The second-order valence-electron chi connectivity index (χ2n) is 6.23. The van der Waals surface area contributed by atoms with Crippen LogP contribution >= 0.6 is 22.9 Å². The van der Waals surface area contributed by atoms with Gasteiger partial charge in [-0.3, -0.25) is 14.9 Å². The lowest BCUT2D eigenvalue weighted by Crippen LogP contribution is -2.47. The van der Waals surface area contributed by atoms with Crippen molar-refractivity contribution in [2.75, 3.05) is 5.32 Å². The maximum Gasteiger partial charge on any atom is 0.287 e.